The van der Waals surface area contributed by atoms with E-state index in [-0.39, 0.29) is 6.03 Å². The minimum absolute atomic E-state index is 0.328. The third kappa shape index (κ3) is 4.09. The van der Waals surface area contributed by atoms with Gasteiger partial charge in [0.15, 0.2) is 0 Å². The third-order valence-corrected chi connectivity index (χ3v) is 4.95. The molecule has 2 amide bonds. The molecule has 3 nitrogen and oxygen atoms in total. The van der Waals surface area contributed by atoms with Crippen LogP contribution in [0.2, 0.25) is 5.02 Å². The molecule has 0 heterocycles. The molecule has 0 aliphatic carbocycles. The Morgan fingerprint density at radius 3 is 2.58 bits per heavy atom. The molecule has 19 heavy (non-hydrogen) atoms. The van der Waals surface area contributed by atoms with Gasteiger partial charge < -0.3 is 10.6 Å². The van der Waals surface area contributed by atoms with E-state index in [2.05, 4.69) is 49.2 Å². The number of para-hydroxylation sites is 1. The van der Waals surface area contributed by atoms with Crippen molar-refractivity contribution in [3.05, 3.63) is 55.5 Å². The number of hydrogen-bond donors (Lipinski definition) is 2. The maximum Gasteiger partial charge on any atom is 0.323 e. The molecule has 0 spiro atoms. The largest absolute Gasteiger partial charge is 0.323 e. The van der Waals surface area contributed by atoms with Gasteiger partial charge in [-0.3, -0.25) is 0 Å². The number of anilines is 2. The Kier molecular flexibility index (Phi) is 5.06. The summed E-state index contributed by atoms with van der Waals surface area (Å²) in [4.78, 5) is 11.8. The number of hydrogen-bond acceptors (Lipinski definition) is 1. The summed E-state index contributed by atoms with van der Waals surface area (Å²) < 4.78 is 2.01. The van der Waals surface area contributed by atoms with Crippen LogP contribution in [-0.2, 0) is 0 Å². The van der Waals surface area contributed by atoms with E-state index in [0.29, 0.717) is 10.7 Å². The smallest absolute Gasteiger partial charge is 0.308 e. The molecular formula is C13H9BrClIN2O. The second kappa shape index (κ2) is 6.58. The maximum atomic E-state index is 11.8. The molecule has 0 aromatic heterocycles. The highest BCUT2D eigenvalue weighted by molar-refractivity contribution is 14.1. The predicted octanol–water partition coefficient (Wildman–Crippen LogP) is 5.35. The van der Waals surface area contributed by atoms with Gasteiger partial charge >= 0.3 is 6.03 Å². The van der Waals surface area contributed by atoms with Crippen LogP contribution in [0.4, 0.5) is 16.2 Å². The number of urea groups is 1. The van der Waals surface area contributed by atoms with Crippen LogP contribution in [0.3, 0.4) is 0 Å². The Hall–Kier alpha value is -0.790. The summed E-state index contributed by atoms with van der Waals surface area (Å²) in [5, 5.41) is 5.95. The Labute approximate surface area is 138 Å². The average Bonchev–Trinajstić information content (AvgIpc) is 2.37. The van der Waals surface area contributed by atoms with Gasteiger partial charge in [-0.1, -0.05) is 23.7 Å². The van der Waals surface area contributed by atoms with Crippen molar-refractivity contribution in [2.75, 3.05) is 10.6 Å². The predicted molar refractivity (Wildman–Crippen MR) is 91.0 cm³/mol. The molecule has 2 N–H and O–H groups in total. The third-order valence-electron chi connectivity index (χ3n) is 2.30. The molecule has 0 saturated heterocycles. The summed E-state index contributed by atoms with van der Waals surface area (Å²) in [5.74, 6) is 0. The highest BCUT2D eigenvalue weighted by Crippen LogP contribution is 2.23. The number of carbonyl (C=O) groups excluding carboxylic acids is 1. The fourth-order valence-electron chi connectivity index (χ4n) is 1.42. The van der Waals surface area contributed by atoms with E-state index in [9.17, 15) is 4.79 Å². The summed E-state index contributed by atoms with van der Waals surface area (Å²) in [6, 6.07) is 12.3. The van der Waals surface area contributed by atoms with Crippen LogP contribution >= 0.6 is 50.1 Å². The molecule has 0 bridgehead atoms. The summed E-state index contributed by atoms with van der Waals surface area (Å²) in [7, 11) is 0. The molecule has 2 rings (SSSR count). The quantitative estimate of drug-likeness (QED) is 0.594. The van der Waals surface area contributed by atoms with E-state index < -0.39 is 0 Å². The fraction of sp³-hybridized carbons (Fsp3) is 0. The number of rotatable bonds is 2. The monoisotopic (exact) mass is 450 g/mol. The van der Waals surface area contributed by atoms with Gasteiger partial charge in [0.2, 0.25) is 0 Å². The van der Waals surface area contributed by atoms with Gasteiger partial charge in [-0.05, 0) is 68.9 Å². The molecular weight excluding hydrogens is 442 g/mol. The van der Waals surface area contributed by atoms with E-state index in [1.165, 1.54) is 0 Å². The normalized spacial score (nSPS) is 10.1. The van der Waals surface area contributed by atoms with Gasteiger partial charge in [-0.2, -0.15) is 0 Å². The van der Waals surface area contributed by atoms with E-state index in [4.69, 9.17) is 11.6 Å². The van der Waals surface area contributed by atoms with Gasteiger partial charge in [0.25, 0.3) is 0 Å². The standard InChI is InChI=1S/C13H9BrClIN2O/c14-9-6-5-8(7-11(9)16)17-13(19)18-12-4-2-1-3-10(12)15/h1-7H,(H2,17,18,19). The number of amides is 2. The average molecular weight is 451 g/mol. The fourth-order valence-corrected chi connectivity index (χ4v) is 2.37. The van der Waals surface area contributed by atoms with Crippen molar-refractivity contribution in [3.63, 3.8) is 0 Å². The molecule has 0 aliphatic rings. The first-order valence-electron chi connectivity index (χ1n) is 5.34. The molecule has 0 atom stereocenters. The molecule has 0 unspecified atom stereocenters. The van der Waals surface area contributed by atoms with Crippen LogP contribution < -0.4 is 10.6 Å². The van der Waals surface area contributed by atoms with Gasteiger partial charge in [-0.25, -0.2) is 4.79 Å². The van der Waals surface area contributed by atoms with Crippen LogP contribution in [-0.4, -0.2) is 6.03 Å². The van der Waals surface area contributed by atoms with Crippen LogP contribution in [0.25, 0.3) is 0 Å². The Balaban J connectivity index is 2.05. The number of carbonyl (C=O) groups is 1. The van der Waals surface area contributed by atoms with Crippen molar-refractivity contribution in [2.45, 2.75) is 0 Å². The lowest BCUT2D eigenvalue weighted by molar-refractivity contribution is 0.262. The lowest BCUT2D eigenvalue weighted by Gasteiger charge is -2.09. The zero-order valence-corrected chi connectivity index (χ0v) is 14.1. The molecule has 0 saturated carbocycles. The summed E-state index contributed by atoms with van der Waals surface area (Å²) in [6.45, 7) is 0. The second-order valence-corrected chi connectivity index (χ2v) is 6.11. The molecule has 0 fully saturated rings. The zero-order chi connectivity index (χ0) is 13.8. The van der Waals surface area contributed by atoms with Crippen LogP contribution in [0.1, 0.15) is 0 Å². The first kappa shape index (κ1) is 14.6. The Bertz CT molecular complexity index is 621. The van der Waals surface area contributed by atoms with E-state index >= 15 is 0 Å². The minimum Gasteiger partial charge on any atom is -0.308 e. The van der Waals surface area contributed by atoms with Gasteiger partial charge in [0.1, 0.15) is 0 Å². The van der Waals surface area contributed by atoms with Crippen LogP contribution in [0.15, 0.2) is 46.9 Å². The molecule has 6 heteroatoms. The molecule has 2 aromatic rings. The highest BCUT2D eigenvalue weighted by atomic mass is 127. The van der Waals surface area contributed by atoms with E-state index in [1.807, 2.05) is 30.3 Å². The van der Waals surface area contributed by atoms with E-state index in [1.54, 1.807) is 12.1 Å². The van der Waals surface area contributed by atoms with Crippen molar-refractivity contribution >= 4 is 67.5 Å². The highest BCUT2D eigenvalue weighted by Gasteiger charge is 2.06. The summed E-state index contributed by atoms with van der Waals surface area (Å²) >= 11 is 11.6. The van der Waals surface area contributed by atoms with Crippen molar-refractivity contribution in [3.8, 4) is 0 Å². The van der Waals surface area contributed by atoms with Gasteiger partial charge in [0.05, 0.1) is 10.7 Å². The lowest BCUT2D eigenvalue weighted by Crippen LogP contribution is -2.19. The Morgan fingerprint density at radius 2 is 1.89 bits per heavy atom. The number of halogens is 3. The van der Waals surface area contributed by atoms with Crippen molar-refractivity contribution in [1.82, 2.24) is 0 Å². The summed E-state index contributed by atoms with van der Waals surface area (Å²) in [6.07, 6.45) is 0. The van der Waals surface area contributed by atoms with E-state index in [0.717, 1.165) is 13.7 Å². The van der Waals surface area contributed by atoms with Crippen LogP contribution in [0.5, 0.6) is 0 Å². The minimum atomic E-state index is -0.328. The van der Waals surface area contributed by atoms with Gasteiger partial charge in [-0.15, -0.1) is 0 Å². The first-order chi connectivity index (χ1) is 9.06. The molecule has 2 aromatic carbocycles. The second-order valence-electron chi connectivity index (χ2n) is 3.69. The maximum absolute atomic E-state index is 11.8. The van der Waals surface area contributed by atoms with Crippen molar-refractivity contribution in [2.24, 2.45) is 0 Å². The van der Waals surface area contributed by atoms with Gasteiger partial charge in [0, 0.05) is 13.7 Å². The SMILES string of the molecule is O=C(Nc1ccc(Br)c(I)c1)Nc1ccccc1Cl. The summed E-state index contributed by atoms with van der Waals surface area (Å²) in [5.41, 5.74) is 1.30. The molecule has 0 radical (unpaired) electrons. The number of nitrogens with one attached hydrogen (secondary N) is 2. The molecule has 98 valence electrons. The number of benzene rings is 2. The first-order valence-corrected chi connectivity index (χ1v) is 7.59. The molecule has 0 aliphatic heterocycles. The Morgan fingerprint density at radius 1 is 1.16 bits per heavy atom. The zero-order valence-electron chi connectivity index (χ0n) is 9.58. The van der Waals surface area contributed by atoms with Crippen molar-refractivity contribution < 1.29 is 4.79 Å². The topological polar surface area (TPSA) is 41.1 Å². The van der Waals surface area contributed by atoms with Crippen molar-refractivity contribution in [1.29, 1.82) is 0 Å². The van der Waals surface area contributed by atoms with Crippen LogP contribution in [0, 0.1) is 3.57 Å². The lowest BCUT2D eigenvalue weighted by atomic mass is 10.3.